The van der Waals surface area contributed by atoms with Crippen LogP contribution in [0.25, 0.3) is 22.1 Å². The number of carbonyl (C=O) groups is 7. The molecule has 10 rings (SSSR count). The van der Waals surface area contributed by atoms with Crippen LogP contribution in [0.3, 0.4) is 0 Å². The van der Waals surface area contributed by atoms with Crippen LogP contribution in [0.2, 0.25) is 15.1 Å². The number of nitrogens with zero attached hydrogens (tertiary/aromatic N) is 13. The van der Waals surface area contributed by atoms with Crippen molar-refractivity contribution in [2.45, 2.75) is 25.7 Å². The van der Waals surface area contributed by atoms with Crippen molar-refractivity contribution < 1.29 is 119 Å². The Morgan fingerprint density at radius 2 is 1.00 bits per heavy atom. The van der Waals surface area contributed by atoms with Gasteiger partial charge in [0.15, 0.2) is 12.9 Å². The van der Waals surface area contributed by atoms with Crippen LogP contribution in [0.1, 0.15) is 25.7 Å². The van der Waals surface area contributed by atoms with Gasteiger partial charge >= 0.3 is 18.3 Å². The molecule has 2 aliphatic heterocycles. The summed E-state index contributed by atoms with van der Waals surface area (Å²) in [4.78, 5) is 136. The Kier molecular flexibility index (Phi) is 23.8. The van der Waals surface area contributed by atoms with E-state index in [0.717, 1.165) is 9.69 Å². The van der Waals surface area contributed by atoms with E-state index in [0.29, 0.717) is 27.1 Å². The number of hydrogen-bond donors (Lipinski definition) is 0. The van der Waals surface area contributed by atoms with Gasteiger partial charge in [0.25, 0.3) is 29.3 Å². The van der Waals surface area contributed by atoms with Gasteiger partial charge in [0, 0.05) is 126 Å². The zero-order valence-corrected chi connectivity index (χ0v) is 46.7. The Hall–Kier alpha value is -8.82. The van der Waals surface area contributed by atoms with Crippen molar-refractivity contribution in [1.82, 2.24) is 59.5 Å². The molecular weight excluding hydrogens is 1440 g/mol. The van der Waals surface area contributed by atoms with Crippen molar-refractivity contribution in [1.29, 1.82) is 0 Å². The fraction of sp³-hybridized carbons (Fsp3) is 0.0930. The number of fused-ring (bicyclic) bond motifs is 2. The van der Waals surface area contributed by atoms with Crippen LogP contribution >= 0.6 is 34.8 Å². The smallest absolute Gasteiger partial charge is 0.562 e. The molecule has 6 heterocycles. The predicted molar refractivity (Wildman–Crippen MR) is 251 cm³/mol. The Bertz CT molecular complexity index is 3210. The molecule has 78 heavy (non-hydrogen) atoms. The molecule has 4 amide bonds. The molecule has 0 bridgehead atoms. The minimum atomic E-state index is -1.48. The van der Waals surface area contributed by atoms with Crippen LogP contribution < -0.4 is 19.1 Å². The van der Waals surface area contributed by atoms with E-state index in [2.05, 4.69) is 49.7 Å². The van der Waals surface area contributed by atoms with Crippen LogP contribution in [-0.4, -0.2) is 119 Å². The van der Waals surface area contributed by atoms with Crippen LogP contribution in [0.4, 0.5) is 20.1 Å². The summed E-state index contributed by atoms with van der Waals surface area (Å²) < 4.78 is 11.5. The van der Waals surface area contributed by atoms with Gasteiger partial charge in [0.05, 0.1) is 4.92 Å². The van der Waals surface area contributed by atoms with Crippen LogP contribution in [0.5, 0.6) is 11.5 Å². The van der Waals surface area contributed by atoms with E-state index in [9.17, 15) is 53.3 Å². The summed E-state index contributed by atoms with van der Waals surface area (Å²) in [6.45, 7) is 2.44. The van der Waals surface area contributed by atoms with Gasteiger partial charge < -0.3 is 19.1 Å². The molecule has 4 aromatic carbocycles. The van der Waals surface area contributed by atoms with E-state index in [1.807, 2.05) is 0 Å². The fourth-order valence-corrected chi connectivity index (χ4v) is 6.59. The average molecular weight is 1470 g/mol. The second-order valence-corrected chi connectivity index (χ2v) is 15.2. The largest absolute Gasteiger partial charge is 0.610 e. The molecule has 0 radical (unpaired) electrons. The van der Waals surface area contributed by atoms with Crippen molar-refractivity contribution in [2.75, 3.05) is 0 Å². The summed E-state index contributed by atoms with van der Waals surface area (Å²) in [7, 11) is 0. The number of ether oxygens (including phenoxy) is 2. The van der Waals surface area contributed by atoms with Crippen molar-refractivity contribution in [2.24, 2.45) is 0 Å². The third kappa shape index (κ3) is 17.1. The number of nitro benzene ring substituents is 1. The summed E-state index contributed by atoms with van der Waals surface area (Å²) in [5.41, 5.74) is 2.24. The van der Waals surface area contributed by atoms with Crippen molar-refractivity contribution >= 4 is 117 Å². The van der Waals surface area contributed by atoms with E-state index in [1.54, 1.807) is 73.3 Å². The number of hydrogen-bond acceptors (Lipinski definition) is 23. The maximum absolute atomic E-state index is 11.8. The monoisotopic (exact) mass is 1470 g/mol. The van der Waals surface area contributed by atoms with Crippen LogP contribution in [0, 0.1) is 10.1 Å². The number of carbonyl (C=O) groups excluding carboxylic acids is 9. The number of hydroxylamine groups is 4. The van der Waals surface area contributed by atoms with E-state index in [1.165, 1.54) is 71.1 Å². The van der Waals surface area contributed by atoms with Crippen LogP contribution in [0.15, 0.2) is 122 Å². The molecule has 0 spiro atoms. The molecule has 8 aromatic rings. The first-order chi connectivity index (χ1) is 36.6. The van der Waals surface area contributed by atoms with Gasteiger partial charge in [-0.25, -0.2) is 14.8 Å². The maximum Gasteiger partial charge on any atom is 0.562 e. The number of imide groups is 2. The maximum atomic E-state index is 11.8. The molecule has 0 saturated carbocycles. The first-order valence-electron chi connectivity index (χ1n) is 20.7. The summed E-state index contributed by atoms with van der Waals surface area (Å²) in [5, 5.41) is 26.6. The minimum Gasteiger partial charge on any atom is -0.610 e. The third-order valence-corrected chi connectivity index (χ3v) is 9.85. The Balaban J connectivity index is 0.000000214. The zero-order chi connectivity index (χ0) is 54.7. The van der Waals surface area contributed by atoms with E-state index in [4.69, 9.17) is 44.5 Å². The van der Waals surface area contributed by atoms with Crippen molar-refractivity contribution in [3.8, 4) is 11.5 Å². The number of benzene rings is 4. The average Bonchev–Trinajstić information content (AvgIpc) is 4.31. The molecule has 2 fully saturated rings. The summed E-state index contributed by atoms with van der Waals surface area (Å²) >= 11 is 16.9. The number of nitro groups is 1. The number of halogens is 3. The van der Waals surface area contributed by atoms with E-state index < -0.39 is 40.9 Å². The van der Waals surface area contributed by atoms with Gasteiger partial charge in [-0.1, -0.05) is 67.8 Å². The standard InChI is InChI=1S/C13H8N6O3.C9H8N2O7.C7H2Cl3O2.C7H6N4O.C7H4NO4.2W/c20-13(21-18-11-7-3-1-5-9(11)14-16-18)22-19-12-8-4-2-6-10(12)15-17-19;12-5-1-2-6(13)10(5)17-9(16)18-11-7(14)3-4-8(11)15;8-4-1-5(9)7(12-3-11)6(10)2-4;12-7(10-3-1-8-5-10)11-4-2-9-6-11;9-5-12-7-3-1-6(2-4-7)8(10)11;;/h1-8H;1-4H2;1-2H;1-6H;1-4H;;/q;;-1;;-1;;. The van der Waals surface area contributed by atoms with E-state index >= 15 is 0 Å². The molecular formula is C43H28Cl3N13O17W2-2. The third-order valence-electron chi connectivity index (χ3n) is 9.07. The normalized spacial score (nSPS) is 12.0. The molecule has 35 heteroatoms. The quantitative estimate of drug-likeness (QED) is 0.0613. The molecule has 402 valence electrons. The molecule has 0 atom stereocenters. The zero-order valence-electron chi connectivity index (χ0n) is 38.6. The summed E-state index contributed by atoms with van der Waals surface area (Å²) in [6, 6.07) is 21.9. The Labute approximate surface area is 478 Å². The molecule has 0 aliphatic carbocycles. The number of imidazole rings is 2. The summed E-state index contributed by atoms with van der Waals surface area (Å²) in [5.74, 6) is -2.44. The summed E-state index contributed by atoms with van der Waals surface area (Å²) in [6.07, 6.45) is 6.43. The number of rotatable bonds is 9. The Morgan fingerprint density at radius 3 is 1.38 bits per heavy atom. The second-order valence-electron chi connectivity index (χ2n) is 14.0. The molecule has 4 aromatic heterocycles. The van der Waals surface area contributed by atoms with E-state index in [-0.39, 0.29) is 111 Å². The molecule has 2 aliphatic rings. The van der Waals surface area contributed by atoms with Gasteiger partial charge in [-0.2, -0.15) is 9.59 Å². The SMILES string of the molecule is O=C(ON1C(=O)CCC1=O)ON1C(=O)CCC1=O.O=C(On1nnc2ccccc21)On1nnc2ccccc21.O=C(n1ccnc1)n1ccnc1.O=[C-]Oc1c(Cl)cc(Cl)cc1Cl.O=[C-]Oc1ccc([N+](=O)[O-])cc1.[W].[W]. The molecule has 30 nitrogen and oxygen atoms in total. The Morgan fingerprint density at radius 1 is 0.590 bits per heavy atom. The predicted octanol–water partition coefficient (Wildman–Crippen LogP) is 4.85. The van der Waals surface area contributed by atoms with Crippen molar-refractivity contribution in [3.63, 3.8) is 0 Å². The molecule has 0 unspecified atom stereocenters. The van der Waals surface area contributed by atoms with Crippen LogP contribution in [-0.2, 0) is 80.6 Å². The van der Waals surface area contributed by atoms with Gasteiger partial charge in [-0.05, 0) is 52.6 Å². The number of amides is 4. The van der Waals surface area contributed by atoms with Gasteiger partial charge in [-0.15, -0.1) is 33.4 Å². The second kappa shape index (κ2) is 30.1. The first kappa shape index (κ1) is 61.7. The molecule has 2 saturated heterocycles. The van der Waals surface area contributed by atoms with Gasteiger partial charge in [0.2, 0.25) is 0 Å². The van der Waals surface area contributed by atoms with Crippen molar-refractivity contribution in [3.05, 3.63) is 148 Å². The first-order valence-corrected chi connectivity index (χ1v) is 21.8. The molecule has 0 N–H and O–H groups in total. The number of para-hydroxylation sites is 2. The fourth-order valence-electron chi connectivity index (χ4n) is 5.70. The van der Waals surface area contributed by atoms with Gasteiger partial charge in [0.1, 0.15) is 34.7 Å². The topological polar surface area (TPSA) is 356 Å². The van der Waals surface area contributed by atoms with Gasteiger partial charge in [-0.3, -0.25) is 57.8 Å². The minimum absolute atomic E-state index is 0. The number of non-ortho nitro benzene ring substituents is 1. The number of aromatic nitrogens is 10.